The van der Waals surface area contributed by atoms with Crippen LogP contribution in [0, 0.1) is 5.92 Å². The van der Waals surface area contributed by atoms with Crippen LogP contribution >= 0.6 is 0 Å². The van der Waals surface area contributed by atoms with Crippen molar-refractivity contribution in [2.45, 2.75) is 39.2 Å². The number of hydrogen-bond acceptors (Lipinski definition) is 3. The van der Waals surface area contributed by atoms with Gasteiger partial charge in [-0.1, -0.05) is 56.3 Å². The van der Waals surface area contributed by atoms with Crippen LogP contribution in [0.3, 0.4) is 0 Å². The third kappa shape index (κ3) is 6.08. The minimum absolute atomic E-state index is 0.0268. The second-order valence-electron chi connectivity index (χ2n) is 7.87. The largest absolute Gasteiger partial charge is 0.484 e. The Hall–Kier alpha value is -2.82. The molecule has 1 aliphatic heterocycles. The number of nitrogens with one attached hydrogen (secondary N) is 1. The van der Waals surface area contributed by atoms with Crippen LogP contribution in [-0.2, 0) is 16.1 Å². The molecular weight excluding hydrogens is 364 g/mol. The van der Waals surface area contributed by atoms with Crippen LogP contribution in [-0.4, -0.2) is 36.4 Å². The molecule has 0 spiro atoms. The van der Waals surface area contributed by atoms with Crippen LogP contribution in [0.1, 0.15) is 43.7 Å². The molecule has 1 heterocycles. The molecule has 5 heteroatoms. The Balaban J connectivity index is 1.39. The normalized spacial score (nSPS) is 14.7. The fourth-order valence-electron chi connectivity index (χ4n) is 3.51. The summed E-state index contributed by atoms with van der Waals surface area (Å²) in [6.45, 7) is 6.06. The van der Waals surface area contributed by atoms with Gasteiger partial charge in [0.25, 0.3) is 5.91 Å². The molecule has 0 saturated carbocycles. The Morgan fingerprint density at radius 2 is 1.69 bits per heavy atom. The summed E-state index contributed by atoms with van der Waals surface area (Å²) < 4.78 is 5.65. The van der Waals surface area contributed by atoms with Crippen molar-refractivity contribution in [1.29, 1.82) is 0 Å². The predicted octanol–water partition coefficient (Wildman–Crippen LogP) is 3.74. The average Bonchev–Trinajstić information content (AvgIpc) is 2.77. The van der Waals surface area contributed by atoms with E-state index in [1.54, 1.807) is 4.90 Å². The van der Waals surface area contributed by atoms with Crippen LogP contribution in [0.5, 0.6) is 5.75 Å². The monoisotopic (exact) mass is 394 g/mol. The first kappa shape index (κ1) is 20.9. The second-order valence-corrected chi connectivity index (χ2v) is 7.87. The fourth-order valence-corrected chi connectivity index (χ4v) is 3.51. The Morgan fingerprint density at radius 3 is 2.31 bits per heavy atom. The highest BCUT2D eigenvalue weighted by molar-refractivity contribution is 5.80. The molecule has 2 aromatic carbocycles. The van der Waals surface area contributed by atoms with E-state index in [-0.39, 0.29) is 24.3 Å². The van der Waals surface area contributed by atoms with Crippen molar-refractivity contribution < 1.29 is 14.3 Å². The van der Waals surface area contributed by atoms with Crippen molar-refractivity contribution >= 4 is 11.8 Å². The van der Waals surface area contributed by atoms with Crippen molar-refractivity contribution in [3.8, 4) is 5.75 Å². The summed E-state index contributed by atoms with van der Waals surface area (Å²) in [5.41, 5.74) is 2.34. The topological polar surface area (TPSA) is 58.6 Å². The van der Waals surface area contributed by atoms with Crippen molar-refractivity contribution in [1.82, 2.24) is 10.2 Å². The van der Waals surface area contributed by atoms with Gasteiger partial charge in [-0.25, -0.2) is 0 Å². The molecule has 0 bridgehead atoms. The van der Waals surface area contributed by atoms with Crippen LogP contribution in [0.2, 0.25) is 0 Å². The van der Waals surface area contributed by atoms with Crippen LogP contribution in [0.15, 0.2) is 54.6 Å². The van der Waals surface area contributed by atoms with E-state index in [2.05, 4.69) is 19.2 Å². The van der Waals surface area contributed by atoms with Gasteiger partial charge < -0.3 is 15.0 Å². The van der Waals surface area contributed by atoms with Gasteiger partial charge in [0.15, 0.2) is 6.61 Å². The van der Waals surface area contributed by atoms with Crippen molar-refractivity contribution in [2.75, 3.05) is 19.7 Å². The lowest BCUT2D eigenvalue weighted by Crippen LogP contribution is -2.44. The van der Waals surface area contributed by atoms with Gasteiger partial charge in [-0.3, -0.25) is 9.59 Å². The zero-order valence-electron chi connectivity index (χ0n) is 17.3. The smallest absolute Gasteiger partial charge is 0.260 e. The van der Waals surface area contributed by atoms with Crippen molar-refractivity contribution in [3.05, 3.63) is 65.7 Å². The molecule has 2 aromatic rings. The predicted molar refractivity (Wildman–Crippen MR) is 114 cm³/mol. The molecule has 1 saturated heterocycles. The summed E-state index contributed by atoms with van der Waals surface area (Å²) in [7, 11) is 0. The van der Waals surface area contributed by atoms with E-state index in [1.807, 2.05) is 54.6 Å². The number of amides is 2. The molecule has 5 nitrogen and oxygen atoms in total. The zero-order chi connectivity index (χ0) is 20.6. The first-order valence-corrected chi connectivity index (χ1v) is 10.3. The quantitative estimate of drug-likeness (QED) is 0.778. The molecule has 154 valence electrons. The Bertz CT molecular complexity index is 795. The van der Waals surface area contributed by atoms with E-state index in [0.29, 0.717) is 44.1 Å². The van der Waals surface area contributed by atoms with Gasteiger partial charge >= 0.3 is 0 Å². The SMILES string of the molecule is CC(C)c1ccc(OCC(=O)N2CCC(C(=O)NCc3ccccc3)CC2)cc1. The number of piperidine rings is 1. The number of nitrogens with zero attached hydrogens (tertiary/aromatic N) is 1. The molecule has 2 amide bonds. The number of hydrogen-bond donors (Lipinski definition) is 1. The third-order valence-corrected chi connectivity index (χ3v) is 5.44. The summed E-state index contributed by atoms with van der Waals surface area (Å²) in [6, 6.07) is 17.8. The fraction of sp³-hybridized carbons (Fsp3) is 0.417. The van der Waals surface area contributed by atoms with Gasteiger partial charge in [-0.2, -0.15) is 0 Å². The molecule has 3 rings (SSSR count). The molecular formula is C24H30N2O3. The standard InChI is InChI=1S/C24H30N2O3/c1-18(2)20-8-10-22(11-9-20)29-17-23(27)26-14-12-21(13-15-26)24(28)25-16-19-6-4-3-5-7-19/h3-11,18,21H,12-17H2,1-2H3,(H,25,28). The Kier molecular flexibility index (Phi) is 7.28. The lowest BCUT2D eigenvalue weighted by Gasteiger charge is -2.31. The molecule has 0 radical (unpaired) electrons. The van der Waals surface area contributed by atoms with E-state index >= 15 is 0 Å². The van der Waals surface area contributed by atoms with E-state index < -0.39 is 0 Å². The van der Waals surface area contributed by atoms with Crippen LogP contribution in [0.25, 0.3) is 0 Å². The minimum atomic E-state index is -0.0349. The lowest BCUT2D eigenvalue weighted by atomic mass is 9.96. The molecule has 0 aromatic heterocycles. The number of benzene rings is 2. The molecule has 0 aliphatic carbocycles. The first-order chi connectivity index (χ1) is 14.0. The first-order valence-electron chi connectivity index (χ1n) is 10.3. The summed E-state index contributed by atoms with van der Waals surface area (Å²) >= 11 is 0. The number of ether oxygens (including phenoxy) is 1. The highest BCUT2D eigenvalue weighted by atomic mass is 16.5. The zero-order valence-corrected chi connectivity index (χ0v) is 17.3. The second kappa shape index (κ2) is 10.1. The maximum atomic E-state index is 12.4. The number of rotatable bonds is 7. The lowest BCUT2D eigenvalue weighted by molar-refractivity contribution is -0.137. The van der Waals surface area contributed by atoms with Crippen molar-refractivity contribution in [3.63, 3.8) is 0 Å². The molecule has 0 atom stereocenters. The summed E-state index contributed by atoms with van der Waals surface area (Å²) in [6.07, 6.45) is 1.38. The summed E-state index contributed by atoms with van der Waals surface area (Å²) in [5.74, 6) is 1.19. The van der Waals surface area contributed by atoms with Gasteiger partial charge in [0.05, 0.1) is 0 Å². The molecule has 1 aliphatic rings. The molecule has 0 unspecified atom stereocenters. The number of carbonyl (C=O) groups excluding carboxylic acids is 2. The maximum absolute atomic E-state index is 12.4. The summed E-state index contributed by atoms with van der Waals surface area (Å²) in [5, 5.41) is 3.00. The minimum Gasteiger partial charge on any atom is -0.484 e. The van der Waals surface area contributed by atoms with Crippen molar-refractivity contribution in [2.24, 2.45) is 5.92 Å². The van der Waals surface area contributed by atoms with Crippen LogP contribution < -0.4 is 10.1 Å². The van der Waals surface area contributed by atoms with Gasteiger partial charge in [-0.05, 0) is 42.0 Å². The average molecular weight is 395 g/mol. The number of likely N-dealkylation sites (tertiary alicyclic amines) is 1. The molecule has 29 heavy (non-hydrogen) atoms. The maximum Gasteiger partial charge on any atom is 0.260 e. The van der Waals surface area contributed by atoms with E-state index in [0.717, 1.165) is 5.56 Å². The number of carbonyl (C=O) groups is 2. The van der Waals surface area contributed by atoms with Gasteiger partial charge in [-0.15, -0.1) is 0 Å². The van der Waals surface area contributed by atoms with Gasteiger partial charge in [0.1, 0.15) is 5.75 Å². The van der Waals surface area contributed by atoms with Crippen LogP contribution in [0.4, 0.5) is 0 Å². The Morgan fingerprint density at radius 1 is 1.03 bits per heavy atom. The highest BCUT2D eigenvalue weighted by Crippen LogP contribution is 2.20. The Labute approximate surface area is 173 Å². The highest BCUT2D eigenvalue weighted by Gasteiger charge is 2.27. The van der Waals surface area contributed by atoms with Gasteiger partial charge in [0, 0.05) is 25.6 Å². The van der Waals surface area contributed by atoms with E-state index in [4.69, 9.17) is 4.74 Å². The van der Waals surface area contributed by atoms with E-state index in [1.165, 1.54) is 5.56 Å². The van der Waals surface area contributed by atoms with Gasteiger partial charge in [0.2, 0.25) is 5.91 Å². The molecule has 1 N–H and O–H groups in total. The molecule has 1 fully saturated rings. The summed E-state index contributed by atoms with van der Waals surface area (Å²) in [4.78, 5) is 26.6. The third-order valence-electron chi connectivity index (χ3n) is 5.44. The van der Waals surface area contributed by atoms with E-state index in [9.17, 15) is 9.59 Å².